The zero-order valence-electron chi connectivity index (χ0n) is 13.8. The molecule has 0 spiro atoms. The van der Waals surface area contributed by atoms with Crippen LogP contribution in [0.3, 0.4) is 0 Å². The number of hydrogen-bond donors (Lipinski definition) is 0. The molecule has 0 fully saturated rings. The van der Waals surface area contributed by atoms with Crippen LogP contribution in [-0.2, 0) is 6.61 Å². The maximum absolute atomic E-state index is 9.44. The van der Waals surface area contributed by atoms with Crippen molar-refractivity contribution < 1.29 is 4.74 Å². The second-order valence-electron chi connectivity index (χ2n) is 5.63. The van der Waals surface area contributed by atoms with E-state index in [1.807, 2.05) is 78.9 Å². The first kappa shape index (κ1) is 18.5. The lowest BCUT2D eigenvalue weighted by Crippen LogP contribution is -1.95. The van der Waals surface area contributed by atoms with Gasteiger partial charge in [-0.3, -0.25) is 0 Å². The standard InChI is InChI=1S/C22H15ClINO/c23-22-4-2-1-3-18(22)15-26-21-11-5-16(6-12-21)13-19(14-25)17-7-9-20(24)10-8-17/h1-13H,15H2/b19-13-. The van der Waals surface area contributed by atoms with Crippen LogP contribution in [0, 0.1) is 14.9 Å². The van der Waals surface area contributed by atoms with Crippen molar-refractivity contribution in [2.75, 3.05) is 0 Å². The zero-order valence-corrected chi connectivity index (χ0v) is 16.7. The lowest BCUT2D eigenvalue weighted by atomic mass is 10.0. The predicted molar refractivity (Wildman–Crippen MR) is 115 cm³/mol. The van der Waals surface area contributed by atoms with E-state index in [2.05, 4.69) is 28.7 Å². The van der Waals surface area contributed by atoms with Gasteiger partial charge in [-0.2, -0.15) is 5.26 Å². The van der Waals surface area contributed by atoms with E-state index in [4.69, 9.17) is 16.3 Å². The molecule has 3 aromatic carbocycles. The van der Waals surface area contributed by atoms with E-state index in [9.17, 15) is 5.26 Å². The summed E-state index contributed by atoms with van der Waals surface area (Å²) in [6.07, 6.45) is 1.88. The highest BCUT2D eigenvalue weighted by Gasteiger charge is 2.03. The molecule has 2 nitrogen and oxygen atoms in total. The second kappa shape index (κ2) is 8.88. The lowest BCUT2D eigenvalue weighted by Gasteiger charge is -2.08. The summed E-state index contributed by atoms with van der Waals surface area (Å²) in [5.41, 5.74) is 3.44. The Morgan fingerprint density at radius 1 is 1.00 bits per heavy atom. The van der Waals surface area contributed by atoms with Gasteiger partial charge in [-0.1, -0.05) is 54.1 Å². The molecule has 0 bridgehead atoms. The molecule has 0 aliphatic heterocycles. The molecule has 0 saturated heterocycles. The van der Waals surface area contributed by atoms with Crippen LogP contribution in [-0.4, -0.2) is 0 Å². The molecule has 0 unspecified atom stereocenters. The predicted octanol–water partition coefficient (Wildman–Crippen LogP) is 6.59. The van der Waals surface area contributed by atoms with E-state index < -0.39 is 0 Å². The Hall–Kier alpha value is -2.29. The number of allylic oxidation sites excluding steroid dienone is 1. The fourth-order valence-electron chi connectivity index (χ4n) is 2.41. The minimum atomic E-state index is 0.418. The summed E-state index contributed by atoms with van der Waals surface area (Å²) in [6, 6.07) is 25.5. The van der Waals surface area contributed by atoms with Gasteiger partial charge >= 0.3 is 0 Å². The van der Waals surface area contributed by atoms with Crippen molar-refractivity contribution in [2.45, 2.75) is 6.61 Å². The lowest BCUT2D eigenvalue weighted by molar-refractivity contribution is 0.306. The van der Waals surface area contributed by atoms with Crippen LogP contribution < -0.4 is 4.74 Å². The highest BCUT2D eigenvalue weighted by molar-refractivity contribution is 14.1. The van der Waals surface area contributed by atoms with Gasteiger partial charge in [0.2, 0.25) is 0 Å². The van der Waals surface area contributed by atoms with E-state index >= 15 is 0 Å². The number of nitriles is 1. The van der Waals surface area contributed by atoms with E-state index in [-0.39, 0.29) is 0 Å². The van der Waals surface area contributed by atoms with Crippen molar-refractivity contribution in [1.82, 2.24) is 0 Å². The van der Waals surface area contributed by atoms with Gasteiger partial charge in [0.05, 0.1) is 11.6 Å². The van der Waals surface area contributed by atoms with Crippen molar-refractivity contribution in [3.05, 3.63) is 98.1 Å². The molecular weight excluding hydrogens is 457 g/mol. The minimum absolute atomic E-state index is 0.418. The molecule has 4 heteroatoms. The summed E-state index contributed by atoms with van der Waals surface area (Å²) in [5.74, 6) is 0.759. The van der Waals surface area contributed by atoms with Crippen LogP contribution in [0.15, 0.2) is 72.8 Å². The van der Waals surface area contributed by atoms with Gasteiger partial charge < -0.3 is 4.74 Å². The topological polar surface area (TPSA) is 33.0 Å². The summed E-state index contributed by atoms with van der Waals surface area (Å²) >= 11 is 8.39. The number of benzene rings is 3. The van der Waals surface area contributed by atoms with Crippen LogP contribution in [0.25, 0.3) is 11.6 Å². The van der Waals surface area contributed by atoms with Gasteiger partial charge in [0.25, 0.3) is 0 Å². The van der Waals surface area contributed by atoms with Crippen molar-refractivity contribution in [2.24, 2.45) is 0 Å². The monoisotopic (exact) mass is 471 g/mol. The van der Waals surface area contributed by atoms with Gasteiger partial charge in [-0.05, 0) is 70.1 Å². The van der Waals surface area contributed by atoms with E-state index in [1.54, 1.807) is 0 Å². The SMILES string of the molecule is N#C/C(=C/c1ccc(OCc2ccccc2Cl)cc1)c1ccc(I)cc1. The Morgan fingerprint density at radius 3 is 2.35 bits per heavy atom. The Kier molecular flexibility index (Phi) is 6.32. The quantitative estimate of drug-likeness (QED) is 0.239. The smallest absolute Gasteiger partial charge is 0.119 e. The molecule has 0 aromatic heterocycles. The Balaban J connectivity index is 1.71. The number of ether oxygens (including phenoxy) is 1. The van der Waals surface area contributed by atoms with Crippen LogP contribution in [0.2, 0.25) is 5.02 Å². The van der Waals surface area contributed by atoms with Crippen molar-refractivity contribution in [3.8, 4) is 11.8 Å². The summed E-state index contributed by atoms with van der Waals surface area (Å²) < 4.78 is 6.93. The van der Waals surface area contributed by atoms with Crippen molar-refractivity contribution in [3.63, 3.8) is 0 Å². The first-order valence-corrected chi connectivity index (χ1v) is 9.45. The zero-order chi connectivity index (χ0) is 18.4. The average Bonchev–Trinajstić information content (AvgIpc) is 2.67. The molecule has 0 aliphatic carbocycles. The third kappa shape index (κ3) is 4.87. The number of rotatable bonds is 5. The normalized spacial score (nSPS) is 11.0. The summed E-state index contributed by atoms with van der Waals surface area (Å²) in [5, 5.41) is 10.1. The number of hydrogen-bond acceptors (Lipinski definition) is 2. The summed E-state index contributed by atoms with van der Waals surface area (Å²) in [6.45, 7) is 0.418. The first-order valence-electron chi connectivity index (χ1n) is 8.00. The Labute approximate surface area is 171 Å². The minimum Gasteiger partial charge on any atom is -0.489 e. The highest BCUT2D eigenvalue weighted by atomic mass is 127. The fourth-order valence-corrected chi connectivity index (χ4v) is 2.96. The van der Waals surface area contributed by atoms with Crippen LogP contribution in [0.1, 0.15) is 16.7 Å². The highest BCUT2D eigenvalue weighted by Crippen LogP contribution is 2.22. The van der Waals surface area contributed by atoms with Gasteiger partial charge in [0.1, 0.15) is 12.4 Å². The van der Waals surface area contributed by atoms with Crippen molar-refractivity contribution >= 4 is 45.8 Å². The molecule has 0 radical (unpaired) electrons. The fraction of sp³-hybridized carbons (Fsp3) is 0.0455. The Bertz CT molecular complexity index is 957. The maximum atomic E-state index is 9.44. The van der Waals surface area contributed by atoms with Gasteiger partial charge in [0, 0.05) is 14.2 Å². The second-order valence-corrected chi connectivity index (χ2v) is 7.28. The molecule has 0 amide bonds. The molecule has 0 aliphatic rings. The molecule has 0 heterocycles. The molecule has 3 rings (SSSR count). The van der Waals surface area contributed by atoms with Gasteiger partial charge in [0.15, 0.2) is 0 Å². The van der Waals surface area contributed by atoms with Crippen LogP contribution in [0.4, 0.5) is 0 Å². The van der Waals surface area contributed by atoms with Gasteiger partial charge in [-0.15, -0.1) is 0 Å². The van der Waals surface area contributed by atoms with Crippen molar-refractivity contribution in [1.29, 1.82) is 5.26 Å². The molecule has 0 saturated carbocycles. The molecule has 3 aromatic rings. The van der Waals surface area contributed by atoms with E-state index in [0.29, 0.717) is 17.2 Å². The largest absolute Gasteiger partial charge is 0.489 e. The van der Waals surface area contributed by atoms with E-state index in [1.165, 1.54) is 0 Å². The van der Waals surface area contributed by atoms with Crippen LogP contribution in [0.5, 0.6) is 5.75 Å². The molecule has 0 N–H and O–H groups in total. The number of nitrogens with zero attached hydrogens (tertiary/aromatic N) is 1. The first-order chi connectivity index (χ1) is 12.7. The van der Waals surface area contributed by atoms with Gasteiger partial charge in [-0.25, -0.2) is 0 Å². The maximum Gasteiger partial charge on any atom is 0.119 e. The third-order valence-electron chi connectivity index (χ3n) is 3.82. The molecule has 26 heavy (non-hydrogen) atoms. The van der Waals surface area contributed by atoms with Crippen LogP contribution >= 0.6 is 34.2 Å². The molecule has 128 valence electrons. The summed E-state index contributed by atoms with van der Waals surface area (Å²) in [7, 11) is 0. The van der Waals surface area contributed by atoms with E-state index in [0.717, 1.165) is 26.0 Å². The summed E-state index contributed by atoms with van der Waals surface area (Å²) in [4.78, 5) is 0. The average molecular weight is 472 g/mol. The number of halogens is 2. The molecule has 0 atom stereocenters. The third-order valence-corrected chi connectivity index (χ3v) is 4.91. The molecular formula is C22H15ClINO. The Morgan fingerprint density at radius 2 is 1.69 bits per heavy atom.